The van der Waals surface area contributed by atoms with Gasteiger partial charge in [0.25, 0.3) is 0 Å². The van der Waals surface area contributed by atoms with Crippen LogP contribution in [0.1, 0.15) is 42.7 Å². The zero-order chi connectivity index (χ0) is 18.0. The maximum absolute atomic E-state index is 11.1. The first-order valence-corrected chi connectivity index (χ1v) is 8.23. The van der Waals surface area contributed by atoms with Gasteiger partial charge in [0.2, 0.25) is 0 Å². The molecule has 0 saturated heterocycles. The zero-order valence-corrected chi connectivity index (χ0v) is 13.6. The van der Waals surface area contributed by atoms with Gasteiger partial charge in [-0.2, -0.15) is 5.26 Å². The molecule has 1 saturated carbocycles. The van der Waals surface area contributed by atoms with E-state index >= 15 is 0 Å². The van der Waals surface area contributed by atoms with Gasteiger partial charge in [-0.15, -0.1) is 0 Å². The Morgan fingerprint density at radius 2 is 1.92 bits per heavy atom. The van der Waals surface area contributed by atoms with E-state index < -0.39 is 5.97 Å². The molecule has 1 aliphatic carbocycles. The van der Waals surface area contributed by atoms with E-state index in [1.807, 2.05) is 0 Å². The van der Waals surface area contributed by atoms with Crippen molar-refractivity contribution in [3.8, 4) is 23.1 Å². The molecule has 0 amide bonds. The molecule has 25 heavy (non-hydrogen) atoms. The number of carbonyl (C=O) groups is 1. The fourth-order valence-electron chi connectivity index (χ4n) is 3.51. The first kappa shape index (κ1) is 16.8. The number of nitrogens with two attached hydrogens (primary N) is 1. The number of aliphatic carboxylic acids is 1. The summed E-state index contributed by atoms with van der Waals surface area (Å²) in [5.41, 5.74) is 8.20. The Kier molecular flexibility index (Phi) is 4.57. The average Bonchev–Trinajstić information content (AvgIpc) is 2.61. The Hall–Kier alpha value is -3.07. The molecule has 0 bridgehead atoms. The summed E-state index contributed by atoms with van der Waals surface area (Å²) in [6.45, 7) is 0. The van der Waals surface area contributed by atoms with Crippen LogP contribution >= 0.6 is 0 Å². The number of benzene rings is 1. The fourth-order valence-corrected chi connectivity index (χ4v) is 3.51. The van der Waals surface area contributed by atoms with Gasteiger partial charge in [0.05, 0.1) is 17.2 Å². The summed E-state index contributed by atoms with van der Waals surface area (Å²) in [5.74, 6) is -0.778. The van der Waals surface area contributed by atoms with Crippen molar-refractivity contribution in [2.45, 2.75) is 31.6 Å². The van der Waals surface area contributed by atoms with Gasteiger partial charge in [-0.3, -0.25) is 4.79 Å². The number of aromatic hydroxyl groups is 1. The van der Waals surface area contributed by atoms with E-state index in [4.69, 9.17) is 10.8 Å². The third-order valence-corrected chi connectivity index (χ3v) is 4.89. The average molecular weight is 337 g/mol. The first-order chi connectivity index (χ1) is 12.0. The van der Waals surface area contributed by atoms with Crippen LogP contribution in [0.3, 0.4) is 0 Å². The molecule has 1 fully saturated rings. The minimum Gasteiger partial charge on any atom is -0.507 e. The van der Waals surface area contributed by atoms with Crippen molar-refractivity contribution < 1.29 is 15.0 Å². The minimum absolute atomic E-state index is 0.0696. The lowest BCUT2D eigenvalue weighted by Crippen LogP contribution is -2.21. The number of nitrogen functional groups attached to an aromatic ring is 1. The van der Waals surface area contributed by atoms with Gasteiger partial charge >= 0.3 is 5.97 Å². The number of nitrogens with zero attached hydrogens (tertiary/aromatic N) is 2. The third kappa shape index (κ3) is 3.26. The summed E-state index contributed by atoms with van der Waals surface area (Å²) in [7, 11) is 0. The van der Waals surface area contributed by atoms with Gasteiger partial charge in [0, 0.05) is 5.56 Å². The van der Waals surface area contributed by atoms with Crippen LogP contribution in [0.25, 0.3) is 11.3 Å². The molecular formula is C19H19N3O3. The molecule has 6 nitrogen and oxygen atoms in total. The predicted molar refractivity (Wildman–Crippen MR) is 92.8 cm³/mol. The van der Waals surface area contributed by atoms with E-state index in [1.165, 1.54) is 0 Å². The lowest BCUT2D eigenvalue weighted by molar-refractivity contribution is -0.142. The number of aromatic nitrogens is 1. The quantitative estimate of drug-likeness (QED) is 0.790. The van der Waals surface area contributed by atoms with Gasteiger partial charge in [0.1, 0.15) is 17.6 Å². The van der Waals surface area contributed by atoms with Crippen LogP contribution in [-0.4, -0.2) is 21.2 Å². The van der Waals surface area contributed by atoms with E-state index in [2.05, 4.69) is 11.1 Å². The van der Waals surface area contributed by atoms with Crippen LogP contribution in [-0.2, 0) is 4.79 Å². The van der Waals surface area contributed by atoms with E-state index in [0.29, 0.717) is 42.5 Å². The number of nitriles is 1. The molecule has 1 heterocycles. The van der Waals surface area contributed by atoms with Gasteiger partial charge < -0.3 is 15.9 Å². The van der Waals surface area contributed by atoms with Crippen molar-refractivity contribution in [1.82, 2.24) is 4.98 Å². The van der Waals surface area contributed by atoms with Crippen molar-refractivity contribution in [1.29, 1.82) is 5.26 Å². The fraction of sp³-hybridized carbons (Fsp3) is 0.316. The maximum atomic E-state index is 11.1. The topological polar surface area (TPSA) is 120 Å². The van der Waals surface area contributed by atoms with Crippen molar-refractivity contribution in [2.24, 2.45) is 5.92 Å². The second-order valence-corrected chi connectivity index (χ2v) is 6.37. The predicted octanol–water partition coefficient (Wildman–Crippen LogP) is 3.27. The van der Waals surface area contributed by atoms with Gasteiger partial charge in [-0.05, 0) is 55.4 Å². The third-order valence-electron chi connectivity index (χ3n) is 4.89. The molecule has 4 N–H and O–H groups in total. The number of rotatable bonds is 3. The molecule has 1 aromatic carbocycles. The van der Waals surface area contributed by atoms with Gasteiger partial charge in [-0.1, -0.05) is 12.1 Å². The lowest BCUT2D eigenvalue weighted by atomic mass is 9.77. The molecule has 128 valence electrons. The van der Waals surface area contributed by atoms with Crippen LogP contribution in [0.4, 0.5) is 5.82 Å². The number of hydrogen-bond donors (Lipinski definition) is 3. The Balaban J connectivity index is 2.00. The second-order valence-electron chi connectivity index (χ2n) is 6.37. The summed E-state index contributed by atoms with van der Waals surface area (Å²) in [6.07, 6.45) is 2.54. The first-order valence-electron chi connectivity index (χ1n) is 8.23. The van der Waals surface area contributed by atoms with E-state index in [9.17, 15) is 15.2 Å². The van der Waals surface area contributed by atoms with Crippen LogP contribution in [0.5, 0.6) is 5.75 Å². The molecule has 2 aromatic rings. The molecule has 1 aliphatic rings. The Labute approximate surface area is 145 Å². The highest BCUT2D eigenvalue weighted by Crippen LogP contribution is 2.40. The zero-order valence-electron chi connectivity index (χ0n) is 13.6. The SMILES string of the molecule is N#Cc1c(C2CCC(C(=O)O)CC2)cc(-c2ccccc2O)nc1N. The second kappa shape index (κ2) is 6.81. The monoisotopic (exact) mass is 337 g/mol. The number of hydrogen-bond acceptors (Lipinski definition) is 5. The molecular weight excluding hydrogens is 318 g/mol. The van der Waals surface area contributed by atoms with Crippen molar-refractivity contribution in [3.05, 3.63) is 41.5 Å². The molecule has 1 aromatic heterocycles. The van der Waals surface area contributed by atoms with Crippen molar-refractivity contribution >= 4 is 11.8 Å². The molecule has 0 aliphatic heterocycles. The number of anilines is 1. The Bertz CT molecular complexity index is 849. The molecule has 6 heteroatoms. The Morgan fingerprint density at radius 3 is 2.52 bits per heavy atom. The number of carboxylic acid groups (broad SMARTS) is 1. The molecule has 0 unspecified atom stereocenters. The summed E-state index contributed by atoms with van der Waals surface area (Å²) >= 11 is 0. The number of carboxylic acids is 1. The number of phenolic OH excluding ortho intramolecular Hbond substituents is 1. The highest BCUT2D eigenvalue weighted by molar-refractivity contribution is 5.72. The summed E-state index contributed by atoms with van der Waals surface area (Å²) in [6, 6.07) is 10.8. The summed E-state index contributed by atoms with van der Waals surface area (Å²) in [4.78, 5) is 15.4. The lowest BCUT2D eigenvalue weighted by Gasteiger charge is -2.27. The number of pyridine rings is 1. The van der Waals surface area contributed by atoms with E-state index in [0.717, 1.165) is 5.56 Å². The van der Waals surface area contributed by atoms with Gasteiger partial charge in [-0.25, -0.2) is 4.98 Å². The highest BCUT2D eigenvalue weighted by atomic mass is 16.4. The van der Waals surface area contributed by atoms with Crippen LogP contribution in [0.15, 0.2) is 30.3 Å². The maximum Gasteiger partial charge on any atom is 0.306 e. The highest BCUT2D eigenvalue weighted by Gasteiger charge is 2.29. The Morgan fingerprint density at radius 1 is 1.24 bits per heavy atom. The van der Waals surface area contributed by atoms with Crippen molar-refractivity contribution in [3.63, 3.8) is 0 Å². The number of para-hydroxylation sites is 1. The minimum atomic E-state index is -0.761. The largest absolute Gasteiger partial charge is 0.507 e. The van der Waals surface area contributed by atoms with Crippen molar-refractivity contribution in [2.75, 3.05) is 5.73 Å². The summed E-state index contributed by atoms with van der Waals surface area (Å²) in [5, 5.41) is 28.7. The normalized spacial score (nSPS) is 20.0. The standard InChI is InChI=1S/C19H19N3O3/c20-10-15-14(11-5-7-12(8-6-11)19(24)25)9-16(22-18(15)21)13-3-1-2-4-17(13)23/h1-4,9,11-12,23H,5-8H2,(H2,21,22)(H,24,25). The van der Waals surface area contributed by atoms with Crippen LogP contribution in [0, 0.1) is 17.2 Å². The van der Waals surface area contributed by atoms with Crippen LogP contribution < -0.4 is 5.73 Å². The molecule has 0 spiro atoms. The van der Waals surface area contributed by atoms with Crippen LogP contribution in [0.2, 0.25) is 0 Å². The van der Waals surface area contributed by atoms with Gasteiger partial charge in [0.15, 0.2) is 0 Å². The number of phenols is 1. The van der Waals surface area contributed by atoms with E-state index in [1.54, 1.807) is 30.3 Å². The van der Waals surface area contributed by atoms with E-state index in [-0.39, 0.29) is 23.4 Å². The molecule has 0 atom stereocenters. The molecule has 3 rings (SSSR count). The summed E-state index contributed by atoms with van der Waals surface area (Å²) < 4.78 is 0. The molecule has 0 radical (unpaired) electrons. The smallest absolute Gasteiger partial charge is 0.306 e.